The molecule has 30 heteroatoms. The number of aromatic hydroxyl groups is 1. The topological polar surface area (TPSA) is 464 Å². The van der Waals surface area contributed by atoms with Crippen LogP contribution in [0.2, 0.25) is 0 Å². The van der Waals surface area contributed by atoms with Crippen molar-refractivity contribution < 1.29 is 74.8 Å². The van der Waals surface area contributed by atoms with Gasteiger partial charge in [-0.15, -0.1) is 0 Å². The van der Waals surface area contributed by atoms with Crippen LogP contribution < -0.4 is 54.4 Å². The van der Waals surface area contributed by atoms with Crippen LogP contribution in [0.25, 0.3) is 12.2 Å². The number of carbonyl (C=O) groups excluding carboxylic acids is 5. The van der Waals surface area contributed by atoms with Crippen molar-refractivity contribution in [1.82, 2.24) is 26.6 Å². The number of rotatable bonds is 29. The predicted octanol–water partition coefficient (Wildman–Crippen LogP) is 0.249. The minimum absolute atomic E-state index is 0.0169. The number of unbranched alkanes of at least 4 members (excludes halogenated alkanes) is 1. The number of carboxylic acids is 2. The summed E-state index contributed by atoms with van der Waals surface area (Å²) in [6, 6.07) is 5.04. The molecule has 3 rings (SSSR count). The van der Waals surface area contributed by atoms with Crippen molar-refractivity contribution in [3.63, 3.8) is 0 Å². The first-order valence-corrected chi connectivity index (χ1v) is 26.7. The molecule has 0 saturated carbocycles. The summed E-state index contributed by atoms with van der Waals surface area (Å²) in [6.07, 6.45) is 1.63. The Labute approximate surface area is 448 Å². The van der Waals surface area contributed by atoms with Gasteiger partial charge in [0.2, 0.25) is 29.5 Å². The number of hydrogen-bond acceptors (Lipinski definition) is 15. The van der Waals surface area contributed by atoms with Gasteiger partial charge in [0.25, 0.3) is 20.2 Å². The number of thiocarbonyl (C=S) groups is 1. The maximum Gasteiger partial charge on any atom is 0.326 e. The van der Waals surface area contributed by atoms with Gasteiger partial charge in [-0.25, -0.2) is 4.79 Å². The molecule has 0 fully saturated rings. The number of hydrogen-bond donors (Lipinski definition) is 15. The Balaban J connectivity index is 1.89. The number of amides is 5. The van der Waals surface area contributed by atoms with Crippen LogP contribution in [-0.4, -0.2) is 137 Å². The molecule has 5 amide bonds. The monoisotopic (exact) mass is 1130 g/mol. The van der Waals surface area contributed by atoms with Crippen molar-refractivity contribution >= 4 is 109 Å². The number of carbonyl (C=O) groups is 7. The third-order valence-corrected chi connectivity index (χ3v) is 13.0. The molecule has 0 aliphatic carbocycles. The van der Waals surface area contributed by atoms with Crippen molar-refractivity contribution in [2.24, 2.45) is 28.1 Å². The second kappa shape index (κ2) is 29.5. The van der Waals surface area contributed by atoms with Gasteiger partial charge < -0.3 is 69.7 Å². The Bertz CT molecular complexity index is 2940. The molecule has 420 valence electrons. The van der Waals surface area contributed by atoms with Crippen LogP contribution in [-0.2, 0) is 60.2 Å². The van der Waals surface area contributed by atoms with Gasteiger partial charge in [-0.3, -0.25) is 42.9 Å². The summed E-state index contributed by atoms with van der Waals surface area (Å²) < 4.78 is 69.7. The van der Waals surface area contributed by atoms with Crippen LogP contribution in [0, 0.1) is 5.92 Å². The fourth-order valence-electron chi connectivity index (χ4n) is 7.24. The predicted molar refractivity (Wildman–Crippen MR) is 286 cm³/mol. The summed E-state index contributed by atoms with van der Waals surface area (Å²) in [7, 11) is -9.88. The lowest BCUT2D eigenvalue weighted by Crippen LogP contribution is -2.60. The number of anilines is 2. The third kappa shape index (κ3) is 21.8. The second-order valence-electron chi connectivity index (χ2n) is 17.6. The Morgan fingerprint density at radius 1 is 0.662 bits per heavy atom. The Hall–Kier alpha value is -7.77. The van der Waals surface area contributed by atoms with Gasteiger partial charge >= 0.3 is 11.9 Å². The molecule has 3 aromatic rings. The molecule has 0 bridgehead atoms. The fraction of sp³-hybridized carbons (Fsp3) is 0.383. The highest BCUT2D eigenvalue weighted by atomic mass is 32.2. The lowest BCUT2D eigenvalue weighted by molar-refractivity contribution is -0.143. The molecule has 0 spiro atoms. The van der Waals surface area contributed by atoms with E-state index in [0.717, 1.165) is 24.3 Å². The first-order valence-electron chi connectivity index (χ1n) is 23.4. The number of benzene rings is 3. The number of phenols is 1. The highest BCUT2D eigenvalue weighted by Gasteiger charge is 2.34. The van der Waals surface area contributed by atoms with E-state index in [-0.39, 0.29) is 84.5 Å². The smallest absolute Gasteiger partial charge is 0.326 e. The van der Waals surface area contributed by atoms with Crippen LogP contribution in [0.1, 0.15) is 76.0 Å². The highest BCUT2D eigenvalue weighted by Crippen LogP contribution is 2.27. The number of phenolic OH excluding ortho intramolecular Hbond substituents is 1. The molecule has 5 atom stereocenters. The summed E-state index contributed by atoms with van der Waals surface area (Å²) in [5.74, 6) is -8.47. The van der Waals surface area contributed by atoms with E-state index in [2.05, 4.69) is 42.2 Å². The zero-order chi connectivity index (χ0) is 57.8. The summed E-state index contributed by atoms with van der Waals surface area (Å²) in [5.41, 5.74) is 16.8. The first kappa shape index (κ1) is 63.5. The largest absolute Gasteiger partial charge is 0.508 e. The number of guanidine groups is 1. The van der Waals surface area contributed by atoms with E-state index in [1.165, 1.54) is 69.3 Å². The summed E-state index contributed by atoms with van der Waals surface area (Å²) in [5, 5.41) is 46.5. The molecule has 0 heterocycles. The summed E-state index contributed by atoms with van der Waals surface area (Å²) >= 11 is 5.48. The van der Waals surface area contributed by atoms with Crippen LogP contribution in [0.15, 0.2) is 75.4 Å². The van der Waals surface area contributed by atoms with Gasteiger partial charge in [0.1, 0.15) is 45.7 Å². The van der Waals surface area contributed by atoms with Crippen molar-refractivity contribution in [2.45, 2.75) is 106 Å². The molecule has 0 radical (unpaired) electrons. The van der Waals surface area contributed by atoms with Crippen LogP contribution in [0.3, 0.4) is 0 Å². The molecule has 27 nitrogen and oxygen atoms in total. The van der Waals surface area contributed by atoms with Crippen molar-refractivity contribution in [2.75, 3.05) is 23.7 Å². The molecule has 77 heavy (non-hydrogen) atoms. The first-order chi connectivity index (χ1) is 36.0. The Kier molecular flexibility index (Phi) is 24.3. The van der Waals surface area contributed by atoms with Crippen molar-refractivity contribution in [3.05, 3.63) is 77.4 Å². The standard InChI is InChI=1S/C47H63N11O16S3/c1-25(2)40(44(66)56-36(45(67)68)21-27-9-17-32(60)18-10-27)58-43(65)35(24-39(61)62)55-41(63)33(7-4-5-19-48)54-42(64)34(8-6-20-51-46(49)50)57-47(75)53-31-16-14-29(38(23-31)77(72,73)74)12-11-28-13-15-30(52-26(3)59)22-37(28)76(69,70)71/h9-18,22-23,25,33-36,40,60H,4-8,19-21,24,48H2,1-3H3,(H,52,59)(H,54,64)(H,55,63)(H,56,66)(H,58,65)(H,61,62)(H,67,68)(H4,49,50,51)(H2,53,57,75)(H,69,70,71)(H,72,73,74)/b12-11+/t33-,34-,35-,36-,40-/m0/s1. The maximum atomic E-state index is 14.1. The van der Waals surface area contributed by atoms with Gasteiger partial charge in [-0.05, 0) is 110 Å². The SMILES string of the molecule is CC(=O)Nc1ccc(/C=C/c2ccc(NC(=S)N[C@@H](CCCN=C(N)N)C(=O)N[C@@H](CCCCN)C(=O)N[C@@H](CC(=O)O)C(=O)N[C@H](C(=O)N[C@@H](Cc3ccc(O)cc3)C(=O)O)C(C)C)cc2S(=O)(=O)O)c(S(=O)(=O)O)c1. The number of aliphatic imine (C=N–C) groups is 1. The number of nitrogens with two attached hydrogens (primary N) is 3. The fourth-order valence-corrected chi connectivity index (χ4v) is 8.92. The third-order valence-electron chi connectivity index (χ3n) is 11.0. The van der Waals surface area contributed by atoms with E-state index >= 15 is 0 Å². The summed E-state index contributed by atoms with van der Waals surface area (Å²) in [6.45, 7) is 4.42. The quantitative estimate of drug-likeness (QED) is 0.0111. The number of carboxylic acid groups (broad SMARTS) is 2. The molecule has 0 aliphatic rings. The van der Waals surface area contributed by atoms with Crippen LogP contribution in [0.5, 0.6) is 5.75 Å². The van der Waals surface area contributed by atoms with E-state index in [1.807, 2.05) is 0 Å². The minimum Gasteiger partial charge on any atom is -0.508 e. The second-order valence-corrected chi connectivity index (χ2v) is 20.8. The number of nitrogens with zero attached hydrogens (tertiary/aromatic N) is 1. The zero-order valence-corrected chi connectivity index (χ0v) is 44.3. The zero-order valence-electron chi connectivity index (χ0n) is 41.9. The molecule has 0 unspecified atom stereocenters. The molecule has 0 aromatic heterocycles. The van der Waals surface area contributed by atoms with Crippen molar-refractivity contribution in [3.8, 4) is 5.75 Å². The van der Waals surface area contributed by atoms with E-state index in [9.17, 15) is 74.8 Å². The van der Waals surface area contributed by atoms with Gasteiger partial charge in [0, 0.05) is 31.3 Å². The molecule has 18 N–H and O–H groups in total. The molecule has 0 aliphatic heterocycles. The average Bonchev–Trinajstić information content (AvgIpc) is 3.32. The Morgan fingerprint density at radius 3 is 1.64 bits per heavy atom. The van der Waals surface area contributed by atoms with E-state index in [4.69, 9.17) is 29.4 Å². The van der Waals surface area contributed by atoms with E-state index < -0.39 is 114 Å². The lowest BCUT2D eigenvalue weighted by atomic mass is 10.0. The number of nitrogens with one attached hydrogen (secondary N) is 7. The normalized spacial score (nSPS) is 13.4. The van der Waals surface area contributed by atoms with Crippen LogP contribution >= 0.6 is 12.2 Å². The van der Waals surface area contributed by atoms with Crippen LogP contribution in [0.4, 0.5) is 11.4 Å². The number of aliphatic carboxylic acids is 2. The molecule has 0 saturated heterocycles. The molecular formula is C47H63N11O16S3. The van der Waals surface area contributed by atoms with E-state index in [1.54, 1.807) is 0 Å². The summed E-state index contributed by atoms with van der Waals surface area (Å²) in [4.78, 5) is 93.7. The van der Waals surface area contributed by atoms with Gasteiger partial charge in [-0.1, -0.05) is 50.3 Å². The van der Waals surface area contributed by atoms with Gasteiger partial charge in [-0.2, -0.15) is 16.8 Å². The average molecular weight is 1130 g/mol. The molecule has 3 aromatic carbocycles. The van der Waals surface area contributed by atoms with Crippen molar-refractivity contribution in [1.29, 1.82) is 0 Å². The lowest BCUT2D eigenvalue weighted by Gasteiger charge is -2.28. The van der Waals surface area contributed by atoms with Gasteiger partial charge in [0.15, 0.2) is 11.1 Å². The highest BCUT2D eigenvalue weighted by molar-refractivity contribution is 7.86. The maximum absolute atomic E-state index is 14.1. The molecular weight excluding hydrogens is 1070 g/mol. The van der Waals surface area contributed by atoms with E-state index in [0.29, 0.717) is 12.0 Å². The minimum atomic E-state index is -5.01. The van der Waals surface area contributed by atoms with Gasteiger partial charge in [0.05, 0.1) is 6.42 Å². The Morgan fingerprint density at radius 2 is 1.16 bits per heavy atom.